The molecule has 0 aromatic rings. The van der Waals surface area contributed by atoms with Gasteiger partial charge in [-0.15, -0.1) is 0 Å². The summed E-state index contributed by atoms with van der Waals surface area (Å²) in [6.07, 6.45) is 0. The van der Waals surface area contributed by atoms with Crippen molar-refractivity contribution in [2.45, 2.75) is 65.7 Å². The van der Waals surface area contributed by atoms with E-state index in [9.17, 15) is 0 Å². The van der Waals surface area contributed by atoms with E-state index in [1.807, 2.05) is 0 Å². The van der Waals surface area contributed by atoms with Crippen molar-refractivity contribution in [3.05, 3.63) is 0 Å². The predicted molar refractivity (Wildman–Crippen MR) is 72.3 cm³/mol. The van der Waals surface area contributed by atoms with Crippen molar-refractivity contribution in [1.82, 2.24) is 7.05 Å². The second kappa shape index (κ2) is 3.73. The van der Waals surface area contributed by atoms with Gasteiger partial charge in [0.15, 0.2) is 0 Å². The summed E-state index contributed by atoms with van der Waals surface area (Å²) < 4.78 is 5.32. The molecule has 1 rings (SSSR count). The summed E-state index contributed by atoms with van der Waals surface area (Å²) >= 11 is -1.66. The Morgan fingerprint density at radius 1 is 0.867 bits per heavy atom. The molecule has 5 heteroatoms. The SMILES string of the molecule is CC(C)(C)[N]1[Ge]([Cl])[N](C(C)(C)C)[Si]1(C)C. The maximum absolute atomic E-state index is 6.69. The molecule has 1 saturated heterocycles. The Hall–Kier alpha value is 0.970. The van der Waals surface area contributed by atoms with Gasteiger partial charge in [0.1, 0.15) is 0 Å². The van der Waals surface area contributed by atoms with Crippen LogP contribution in [0.1, 0.15) is 41.5 Å². The first kappa shape index (κ1) is 14.0. The van der Waals surface area contributed by atoms with E-state index < -0.39 is 22.3 Å². The molecule has 15 heavy (non-hydrogen) atoms. The summed E-state index contributed by atoms with van der Waals surface area (Å²) in [6.45, 7) is 18.6. The van der Waals surface area contributed by atoms with E-state index in [1.54, 1.807) is 0 Å². The monoisotopic (exact) mass is 309 g/mol. The van der Waals surface area contributed by atoms with Gasteiger partial charge in [-0.3, -0.25) is 0 Å². The number of hydrogen-bond acceptors (Lipinski definition) is 2. The van der Waals surface area contributed by atoms with Gasteiger partial charge in [0.25, 0.3) is 0 Å². The third-order valence-electron chi connectivity index (χ3n) is 2.81. The summed E-state index contributed by atoms with van der Waals surface area (Å²) in [5, 5.41) is 0. The van der Waals surface area contributed by atoms with Crippen molar-refractivity contribution >= 4 is 32.3 Å². The van der Waals surface area contributed by atoms with Gasteiger partial charge in [0, 0.05) is 0 Å². The Kier molecular flexibility index (Phi) is 3.49. The van der Waals surface area contributed by atoms with Crippen molar-refractivity contribution in [1.29, 1.82) is 0 Å². The van der Waals surface area contributed by atoms with Crippen LogP contribution in [0, 0.1) is 0 Å². The zero-order valence-corrected chi connectivity index (χ0v) is 15.1. The van der Waals surface area contributed by atoms with Crippen molar-refractivity contribution in [2.24, 2.45) is 0 Å². The second-order valence-corrected chi connectivity index (χ2v) is 17.3. The third-order valence-corrected chi connectivity index (χ3v) is 23.0. The standard InChI is InChI=1S/C10H24ClGeN2Si/c1-9(2,3)13-12(11)14(10(4,5)6)15(13,7)8/h1-8H3. The fourth-order valence-corrected chi connectivity index (χ4v) is 25.8. The van der Waals surface area contributed by atoms with Crippen LogP contribution in [0.4, 0.5) is 0 Å². The summed E-state index contributed by atoms with van der Waals surface area (Å²) in [7, 11) is 5.25. The molecule has 0 amide bonds. The molecule has 0 spiro atoms. The van der Waals surface area contributed by atoms with E-state index in [-0.39, 0.29) is 11.1 Å². The normalized spacial score (nSPS) is 25.4. The minimum atomic E-state index is -1.66. The molecule has 1 aliphatic heterocycles. The van der Waals surface area contributed by atoms with Crippen LogP contribution in [0.3, 0.4) is 0 Å². The van der Waals surface area contributed by atoms with E-state index in [0.29, 0.717) is 0 Å². The van der Waals surface area contributed by atoms with E-state index in [4.69, 9.17) is 10.0 Å². The Morgan fingerprint density at radius 3 is 1.27 bits per heavy atom. The summed E-state index contributed by atoms with van der Waals surface area (Å²) in [5.41, 5.74) is 0.489. The van der Waals surface area contributed by atoms with Gasteiger partial charge < -0.3 is 0 Å². The molecule has 1 aliphatic rings. The molecule has 1 heterocycles. The molecule has 0 unspecified atom stereocenters. The summed E-state index contributed by atoms with van der Waals surface area (Å²) in [5.74, 6) is 0. The quantitative estimate of drug-likeness (QED) is 0.634. The first-order valence-electron chi connectivity index (χ1n) is 5.53. The zero-order chi connectivity index (χ0) is 12.2. The van der Waals surface area contributed by atoms with Crippen LogP contribution in [0.25, 0.3) is 0 Å². The molecule has 0 saturated carbocycles. The molecular weight excluding hydrogens is 284 g/mol. The van der Waals surface area contributed by atoms with Gasteiger partial charge in [-0.05, 0) is 0 Å². The van der Waals surface area contributed by atoms with Crippen LogP contribution in [0.2, 0.25) is 13.1 Å². The number of hydrogen-bond donors (Lipinski definition) is 0. The molecule has 89 valence electrons. The van der Waals surface area contributed by atoms with Gasteiger partial charge in [-0.25, -0.2) is 0 Å². The zero-order valence-electron chi connectivity index (χ0n) is 11.3. The maximum atomic E-state index is 6.69. The number of halogens is 1. The van der Waals surface area contributed by atoms with Crippen LogP contribution >= 0.6 is 10.0 Å². The molecule has 0 aliphatic carbocycles. The van der Waals surface area contributed by atoms with Crippen molar-refractivity contribution < 1.29 is 0 Å². The van der Waals surface area contributed by atoms with E-state index in [1.165, 1.54) is 0 Å². The van der Waals surface area contributed by atoms with Crippen molar-refractivity contribution in [2.75, 3.05) is 0 Å². The third kappa shape index (κ3) is 2.32. The Bertz CT molecular complexity index is 233. The van der Waals surface area contributed by atoms with Crippen molar-refractivity contribution in [3.8, 4) is 0 Å². The molecule has 0 aromatic carbocycles. The topological polar surface area (TPSA) is 6.48 Å². The molecule has 0 bridgehead atoms. The molecule has 1 radical (unpaired) electrons. The van der Waals surface area contributed by atoms with Gasteiger partial charge in [0.2, 0.25) is 0 Å². The Morgan fingerprint density at radius 2 is 1.13 bits per heavy atom. The summed E-state index contributed by atoms with van der Waals surface area (Å²) in [4.78, 5) is 0. The second-order valence-electron chi connectivity index (χ2n) is 6.78. The van der Waals surface area contributed by atoms with Crippen LogP contribution in [-0.2, 0) is 0 Å². The van der Waals surface area contributed by atoms with Gasteiger partial charge >= 0.3 is 105 Å². The van der Waals surface area contributed by atoms with Crippen LogP contribution in [0.15, 0.2) is 0 Å². The van der Waals surface area contributed by atoms with E-state index in [2.05, 4.69) is 61.7 Å². The first-order chi connectivity index (χ1) is 6.40. The fraction of sp³-hybridized carbons (Fsp3) is 1.00. The molecule has 2 nitrogen and oxygen atoms in total. The molecule has 1 fully saturated rings. The number of rotatable bonds is 0. The van der Waals surface area contributed by atoms with E-state index in [0.717, 1.165) is 0 Å². The van der Waals surface area contributed by atoms with Gasteiger partial charge in [-0.2, -0.15) is 0 Å². The van der Waals surface area contributed by atoms with Crippen LogP contribution in [-0.4, -0.2) is 40.4 Å². The fourth-order valence-electron chi connectivity index (χ4n) is 2.80. The average Bonchev–Trinajstić information content (AvgIpc) is 1.74. The van der Waals surface area contributed by atoms with Crippen molar-refractivity contribution in [3.63, 3.8) is 0 Å². The first-order valence-corrected chi connectivity index (χ1v) is 13.1. The van der Waals surface area contributed by atoms with E-state index >= 15 is 0 Å². The number of nitrogens with zero attached hydrogens (tertiary/aromatic N) is 2. The Labute approximate surface area is 105 Å². The molecule has 0 atom stereocenters. The minimum absolute atomic E-state index is 0.245. The van der Waals surface area contributed by atoms with Crippen LogP contribution < -0.4 is 0 Å². The van der Waals surface area contributed by atoms with Crippen LogP contribution in [0.5, 0.6) is 0 Å². The molecule has 0 N–H and O–H groups in total. The summed E-state index contributed by atoms with van der Waals surface area (Å²) in [6, 6.07) is 0. The molecule has 0 aromatic heterocycles. The average molecular weight is 308 g/mol. The predicted octanol–water partition coefficient (Wildman–Crippen LogP) is 3.13. The van der Waals surface area contributed by atoms with Gasteiger partial charge in [0.05, 0.1) is 0 Å². The van der Waals surface area contributed by atoms with Gasteiger partial charge in [-0.1, -0.05) is 0 Å². The Balaban J connectivity index is 2.96. The molecular formula is C10H24ClGeN2Si.